The Labute approximate surface area is 188 Å². The summed E-state index contributed by atoms with van der Waals surface area (Å²) in [6.45, 7) is 2.49. The van der Waals surface area contributed by atoms with Crippen LogP contribution in [0.15, 0.2) is 42.5 Å². The number of fused-ring (bicyclic) bond motifs is 1. The van der Waals surface area contributed by atoms with E-state index in [-0.39, 0.29) is 5.91 Å². The van der Waals surface area contributed by atoms with Crippen LogP contribution >= 0.6 is 22.9 Å². The second-order valence-corrected chi connectivity index (χ2v) is 8.29. The van der Waals surface area contributed by atoms with Gasteiger partial charge in [-0.3, -0.25) is 4.79 Å². The monoisotopic (exact) mass is 456 g/mol. The summed E-state index contributed by atoms with van der Waals surface area (Å²) in [5, 5.41) is 8.25. The van der Waals surface area contributed by atoms with Gasteiger partial charge in [0.25, 0.3) is 5.91 Å². The van der Waals surface area contributed by atoms with E-state index in [1.165, 1.54) is 7.11 Å². The molecule has 0 unspecified atom stereocenters. The van der Waals surface area contributed by atoms with Crippen molar-refractivity contribution < 1.29 is 14.3 Å². The van der Waals surface area contributed by atoms with Crippen LogP contribution in [-0.4, -0.2) is 41.3 Å². The van der Waals surface area contributed by atoms with Gasteiger partial charge in [0.2, 0.25) is 4.96 Å². The lowest BCUT2D eigenvalue weighted by Gasteiger charge is -2.12. The number of nitrogens with zero attached hydrogens (tertiary/aromatic N) is 3. The number of hydrogen-bond acceptors (Lipinski definition) is 6. The van der Waals surface area contributed by atoms with E-state index in [1.807, 2.05) is 35.7 Å². The molecule has 2 aromatic heterocycles. The molecule has 4 rings (SSSR count). The quantitative estimate of drug-likeness (QED) is 0.445. The Morgan fingerprint density at radius 1 is 1.16 bits per heavy atom. The van der Waals surface area contributed by atoms with E-state index in [9.17, 15) is 4.79 Å². The number of thiazole rings is 1. The van der Waals surface area contributed by atoms with Gasteiger partial charge < -0.3 is 14.8 Å². The second-order valence-electron chi connectivity index (χ2n) is 6.79. The van der Waals surface area contributed by atoms with Crippen LogP contribution in [0.2, 0.25) is 5.02 Å². The van der Waals surface area contributed by atoms with Gasteiger partial charge in [-0.25, -0.2) is 4.52 Å². The van der Waals surface area contributed by atoms with Crippen LogP contribution in [0.5, 0.6) is 11.5 Å². The van der Waals surface area contributed by atoms with Crippen LogP contribution in [0, 0.1) is 6.92 Å². The molecule has 0 saturated carbocycles. The van der Waals surface area contributed by atoms with Crippen molar-refractivity contribution in [2.24, 2.45) is 0 Å². The van der Waals surface area contributed by atoms with Crippen molar-refractivity contribution in [3.05, 3.63) is 63.6 Å². The first kappa shape index (κ1) is 21.1. The molecule has 0 spiro atoms. The molecule has 31 heavy (non-hydrogen) atoms. The van der Waals surface area contributed by atoms with Crippen LogP contribution in [0.3, 0.4) is 0 Å². The molecule has 0 aliphatic rings. The Morgan fingerprint density at radius 2 is 1.94 bits per heavy atom. The molecule has 0 atom stereocenters. The van der Waals surface area contributed by atoms with Crippen LogP contribution in [-0.2, 0) is 6.42 Å². The molecule has 2 heterocycles. The lowest BCUT2D eigenvalue weighted by Crippen LogP contribution is -2.26. The van der Waals surface area contributed by atoms with E-state index in [1.54, 1.807) is 36.6 Å². The van der Waals surface area contributed by atoms with E-state index in [4.69, 9.17) is 21.1 Å². The Balaban J connectivity index is 1.45. The van der Waals surface area contributed by atoms with E-state index in [0.29, 0.717) is 40.9 Å². The van der Waals surface area contributed by atoms with Crippen molar-refractivity contribution >= 4 is 33.8 Å². The second kappa shape index (κ2) is 8.95. The fourth-order valence-electron chi connectivity index (χ4n) is 3.29. The van der Waals surface area contributed by atoms with Crippen molar-refractivity contribution in [2.75, 3.05) is 20.8 Å². The summed E-state index contributed by atoms with van der Waals surface area (Å²) in [6, 6.07) is 12.7. The number of benzene rings is 2. The summed E-state index contributed by atoms with van der Waals surface area (Å²) in [5.74, 6) is 1.40. The Hall–Kier alpha value is -3.10. The van der Waals surface area contributed by atoms with Gasteiger partial charge >= 0.3 is 0 Å². The number of amides is 1. The van der Waals surface area contributed by atoms with Gasteiger partial charge in [0, 0.05) is 28.4 Å². The van der Waals surface area contributed by atoms with Crippen LogP contribution in [0.25, 0.3) is 16.3 Å². The zero-order valence-electron chi connectivity index (χ0n) is 17.3. The molecular weight excluding hydrogens is 436 g/mol. The first-order valence-electron chi connectivity index (χ1n) is 9.62. The van der Waals surface area contributed by atoms with Gasteiger partial charge in [-0.1, -0.05) is 29.0 Å². The maximum atomic E-state index is 12.6. The van der Waals surface area contributed by atoms with Crippen LogP contribution in [0.4, 0.5) is 0 Å². The predicted octanol–water partition coefficient (Wildman–Crippen LogP) is 4.41. The van der Waals surface area contributed by atoms with Crippen molar-refractivity contribution in [2.45, 2.75) is 13.3 Å². The van der Waals surface area contributed by atoms with E-state index in [2.05, 4.69) is 15.4 Å². The third-order valence-corrected chi connectivity index (χ3v) is 6.35. The van der Waals surface area contributed by atoms with Gasteiger partial charge in [0.1, 0.15) is 0 Å². The predicted molar refractivity (Wildman–Crippen MR) is 122 cm³/mol. The molecule has 0 bridgehead atoms. The van der Waals surface area contributed by atoms with E-state index < -0.39 is 0 Å². The zero-order chi connectivity index (χ0) is 22.0. The molecular formula is C22H21ClN4O3S. The fourth-order valence-corrected chi connectivity index (χ4v) is 4.47. The molecule has 0 aliphatic heterocycles. The molecule has 7 nitrogen and oxygen atoms in total. The molecule has 0 radical (unpaired) electrons. The average Bonchev–Trinajstić information content (AvgIpc) is 3.32. The van der Waals surface area contributed by atoms with Gasteiger partial charge in [0.05, 0.1) is 25.5 Å². The summed E-state index contributed by atoms with van der Waals surface area (Å²) in [5.41, 5.74) is 2.37. The number of aromatic nitrogens is 3. The number of aryl methyl sites for hydroxylation is 1. The largest absolute Gasteiger partial charge is 0.493 e. The first-order valence-corrected chi connectivity index (χ1v) is 10.8. The standard InChI is InChI=1S/C22H21ClN4O3S/c1-13-18(11-12-24-21(28)16-5-4-6-17(29-2)19(16)30-3)31-22-25-20(26-27(13)22)14-7-9-15(23)10-8-14/h4-10H,11-12H2,1-3H3,(H,24,28). The van der Waals surface area contributed by atoms with Gasteiger partial charge in [-0.05, 0) is 43.3 Å². The molecule has 1 amide bonds. The lowest BCUT2D eigenvalue weighted by molar-refractivity contribution is 0.0950. The number of rotatable bonds is 7. The summed E-state index contributed by atoms with van der Waals surface area (Å²) in [4.78, 5) is 19.2. The minimum Gasteiger partial charge on any atom is -0.493 e. The van der Waals surface area contributed by atoms with Crippen LogP contribution in [0.1, 0.15) is 20.9 Å². The molecule has 160 valence electrons. The number of methoxy groups -OCH3 is 2. The van der Waals surface area contributed by atoms with Gasteiger partial charge in [-0.15, -0.1) is 5.10 Å². The number of halogens is 1. The fraction of sp³-hybridized carbons (Fsp3) is 0.227. The topological polar surface area (TPSA) is 77.8 Å². The Kier molecular flexibility index (Phi) is 6.11. The number of nitrogens with one attached hydrogen (secondary N) is 1. The number of carbonyl (C=O) groups excluding carboxylic acids is 1. The van der Waals surface area contributed by atoms with Crippen LogP contribution < -0.4 is 14.8 Å². The summed E-state index contributed by atoms with van der Waals surface area (Å²) in [6.07, 6.45) is 0.676. The van der Waals surface area contributed by atoms with Crippen molar-refractivity contribution in [1.29, 1.82) is 0 Å². The minimum absolute atomic E-state index is 0.210. The Bertz CT molecular complexity index is 1230. The molecule has 0 saturated heterocycles. The highest BCUT2D eigenvalue weighted by molar-refractivity contribution is 7.17. The van der Waals surface area contributed by atoms with Gasteiger partial charge in [0.15, 0.2) is 17.3 Å². The number of para-hydroxylation sites is 1. The Morgan fingerprint density at radius 3 is 2.61 bits per heavy atom. The molecule has 2 aromatic carbocycles. The highest BCUT2D eigenvalue weighted by Crippen LogP contribution is 2.30. The first-order chi connectivity index (χ1) is 15.0. The molecule has 1 N–H and O–H groups in total. The highest BCUT2D eigenvalue weighted by Gasteiger charge is 2.17. The van der Waals surface area contributed by atoms with Crippen molar-refractivity contribution in [3.63, 3.8) is 0 Å². The maximum absolute atomic E-state index is 12.6. The van der Waals surface area contributed by atoms with Crippen molar-refractivity contribution in [1.82, 2.24) is 19.9 Å². The number of carbonyl (C=O) groups is 1. The lowest BCUT2D eigenvalue weighted by atomic mass is 10.1. The summed E-state index contributed by atoms with van der Waals surface area (Å²) >= 11 is 7.53. The molecule has 0 fully saturated rings. The maximum Gasteiger partial charge on any atom is 0.255 e. The summed E-state index contributed by atoms with van der Waals surface area (Å²) in [7, 11) is 3.06. The van der Waals surface area contributed by atoms with Crippen molar-refractivity contribution in [3.8, 4) is 22.9 Å². The third kappa shape index (κ3) is 4.22. The number of ether oxygens (including phenoxy) is 2. The molecule has 9 heteroatoms. The third-order valence-electron chi connectivity index (χ3n) is 4.90. The highest BCUT2D eigenvalue weighted by atomic mass is 35.5. The molecule has 0 aliphatic carbocycles. The van der Waals surface area contributed by atoms with E-state index >= 15 is 0 Å². The molecule has 4 aromatic rings. The summed E-state index contributed by atoms with van der Waals surface area (Å²) < 4.78 is 12.5. The van der Waals surface area contributed by atoms with Gasteiger partial charge in [-0.2, -0.15) is 4.98 Å². The normalized spacial score (nSPS) is 11.0. The minimum atomic E-state index is -0.210. The smallest absolute Gasteiger partial charge is 0.255 e. The van der Waals surface area contributed by atoms with E-state index in [0.717, 1.165) is 21.1 Å². The number of hydrogen-bond donors (Lipinski definition) is 1. The zero-order valence-corrected chi connectivity index (χ0v) is 18.9. The SMILES string of the molecule is COc1cccc(C(=O)NCCc2sc3nc(-c4ccc(Cl)cc4)nn3c2C)c1OC. The average molecular weight is 457 g/mol.